The zero-order chi connectivity index (χ0) is 15.8. The Morgan fingerprint density at radius 3 is 2.55 bits per heavy atom. The van der Waals surface area contributed by atoms with Crippen molar-refractivity contribution in [2.75, 3.05) is 5.75 Å². The van der Waals surface area contributed by atoms with E-state index in [0.29, 0.717) is 18.5 Å². The lowest BCUT2D eigenvalue weighted by atomic mass is 10.1. The summed E-state index contributed by atoms with van der Waals surface area (Å²) in [4.78, 5) is 24.1. The fourth-order valence-electron chi connectivity index (χ4n) is 1.90. The predicted molar refractivity (Wildman–Crippen MR) is 88.6 cm³/mol. The van der Waals surface area contributed by atoms with Gasteiger partial charge in [-0.15, -0.1) is 11.8 Å². The Kier molecular flexibility index (Phi) is 6.03. The van der Waals surface area contributed by atoms with E-state index in [4.69, 9.17) is 5.73 Å². The van der Waals surface area contributed by atoms with Crippen LogP contribution in [0.25, 0.3) is 0 Å². The Morgan fingerprint density at radius 1 is 1.05 bits per heavy atom. The molecule has 5 heteroatoms. The molecule has 0 aliphatic heterocycles. The summed E-state index contributed by atoms with van der Waals surface area (Å²) in [5.41, 5.74) is 6.54. The van der Waals surface area contributed by atoms with Crippen LogP contribution in [0.4, 0.5) is 0 Å². The summed E-state index contributed by atoms with van der Waals surface area (Å²) in [6.07, 6.45) is 0.453. The number of hydrogen-bond acceptors (Lipinski definition) is 3. The number of amides is 2. The first-order chi connectivity index (χ1) is 10.6. The summed E-state index contributed by atoms with van der Waals surface area (Å²) in [6, 6.07) is 16.9. The average molecular weight is 314 g/mol. The van der Waals surface area contributed by atoms with Gasteiger partial charge in [-0.25, -0.2) is 0 Å². The number of nitrogens with two attached hydrogens (primary N) is 1. The number of carbonyl (C=O) groups is 2. The van der Waals surface area contributed by atoms with E-state index in [1.807, 2.05) is 36.4 Å². The first kappa shape index (κ1) is 16.1. The van der Waals surface area contributed by atoms with Crippen molar-refractivity contribution < 1.29 is 9.59 Å². The molecule has 0 aliphatic rings. The van der Waals surface area contributed by atoms with Crippen LogP contribution in [0, 0.1) is 0 Å². The standard InChI is InChI=1S/C17H18N2O2S/c18-17(21)14-6-4-5-13(11-14)12-19-16(20)9-10-22-15-7-2-1-3-8-15/h1-8,11H,9-10,12H2,(H2,18,21)(H,19,20). The number of thioether (sulfide) groups is 1. The lowest BCUT2D eigenvalue weighted by Crippen LogP contribution is -2.23. The Bertz CT molecular complexity index is 644. The smallest absolute Gasteiger partial charge is 0.248 e. The van der Waals surface area contributed by atoms with Crippen molar-refractivity contribution in [2.24, 2.45) is 5.73 Å². The third kappa shape index (κ3) is 5.26. The van der Waals surface area contributed by atoms with Gasteiger partial charge in [0, 0.05) is 29.2 Å². The van der Waals surface area contributed by atoms with Crippen LogP contribution in [-0.2, 0) is 11.3 Å². The normalized spacial score (nSPS) is 10.2. The highest BCUT2D eigenvalue weighted by Crippen LogP contribution is 2.17. The van der Waals surface area contributed by atoms with Crippen LogP contribution in [0.1, 0.15) is 22.3 Å². The maximum absolute atomic E-state index is 11.8. The van der Waals surface area contributed by atoms with Crippen molar-refractivity contribution in [3.63, 3.8) is 0 Å². The molecule has 0 bridgehead atoms. The van der Waals surface area contributed by atoms with E-state index < -0.39 is 5.91 Å². The van der Waals surface area contributed by atoms with Crippen LogP contribution in [0.5, 0.6) is 0 Å². The molecule has 2 aromatic carbocycles. The Morgan fingerprint density at radius 2 is 1.82 bits per heavy atom. The first-order valence-corrected chi connectivity index (χ1v) is 7.97. The number of primary amides is 1. The zero-order valence-electron chi connectivity index (χ0n) is 12.1. The molecule has 2 amide bonds. The molecule has 0 radical (unpaired) electrons. The quantitative estimate of drug-likeness (QED) is 0.772. The van der Waals surface area contributed by atoms with E-state index in [1.165, 1.54) is 0 Å². The maximum Gasteiger partial charge on any atom is 0.248 e. The monoisotopic (exact) mass is 314 g/mol. The molecule has 0 atom stereocenters. The van der Waals surface area contributed by atoms with E-state index in [-0.39, 0.29) is 5.91 Å². The molecule has 0 aromatic heterocycles. The van der Waals surface area contributed by atoms with Crippen molar-refractivity contribution in [1.29, 1.82) is 0 Å². The fraction of sp³-hybridized carbons (Fsp3) is 0.176. The predicted octanol–water partition coefficient (Wildman–Crippen LogP) is 2.58. The van der Waals surface area contributed by atoms with Crippen LogP contribution < -0.4 is 11.1 Å². The molecule has 0 fully saturated rings. The Hall–Kier alpha value is -2.27. The van der Waals surface area contributed by atoms with Gasteiger partial charge in [0.25, 0.3) is 0 Å². The van der Waals surface area contributed by atoms with Gasteiger partial charge in [-0.2, -0.15) is 0 Å². The molecule has 3 N–H and O–H groups in total. The van der Waals surface area contributed by atoms with Gasteiger partial charge < -0.3 is 11.1 Å². The summed E-state index contributed by atoms with van der Waals surface area (Å²) in [5.74, 6) is 0.261. The highest BCUT2D eigenvalue weighted by Gasteiger charge is 2.04. The van der Waals surface area contributed by atoms with Crippen molar-refractivity contribution in [3.05, 3.63) is 65.7 Å². The second-order valence-electron chi connectivity index (χ2n) is 4.75. The number of nitrogens with one attached hydrogen (secondary N) is 1. The second-order valence-corrected chi connectivity index (χ2v) is 5.92. The average Bonchev–Trinajstić information content (AvgIpc) is 2.54. The molecule has 0 saturated heterocycles. The third-order valence-corrected chi connectivity index (χ3v) is 4.06. The van der Waals surface area contributed by atoms with E-state index in [2.05, 4.69) is 5.32 Å². The van der Waals surface area contributed by atoms with E-state index >= 15 is 0 Å². The summed E-state index contributed by atoms with van der Waals surface area (Å²) >= 11 is 1.65. The first-order valence-electron chi connectivity index (χ1n) is 6.98. The van der Waals surface area contributed by atoms with Crippen molar-refractivity contribution in [1.82, 2.24) is 5.32 Å². The van der Waals surface area contributed by atoms with Crippen molar-refractivity contribution in [2.45, 2.75) is 17.9 Å². The van der Waals surface area contributed by atoms with Gasteiger partial charge in [-0.1, -0.05) is 30.3 Å². The Balaban J connectivity index is 1.73. The largest absolute Gasteiger partial charge is 0.366 e. The number of carbonyl (C=O) groups excluding carboxylic acids is 2. The number of rotatable bonds is 7. The molecular weight excluding hydrogens is 296 g/mol. The van der Waals surface area contributed by atoms with Gasteiger partial charge in [-0.3, -0.25) is 9.59 Å². The third-order valence-electron chi connectivity index (χ3n) is 3.04. The van der Waals surface area contributed by atoms with Gasteiger partial charge in [0.1, 0.15) is 0 Å². The van der Waals surface area contributed by atoms with E-state index in [9.17, 15) is 9.59 Å². The van der Waals surface area contributed by atoms with Crippen LogP contribution in [0.2, 0.25) is 0 Å². The molecule has 4 nitrogen and oxygen atoms in total. The summed E-state index contributed by atoms with van der Waals surface area (Å²) < 4.78 is 0. The minimum absolute atomic E-state index is 0.00657. The molecule has 114 valence electrons. The lowest BCUT2D eigenvalue weighted by Gasteiger charge is -2.06. The van der Waals surface area contributed by atoms with Gasteiger partial charge >= 0.3 is 0 Å². The summed E-state index contributed by atoms with van der Waals surface area (Å²) in [7, 11) is 0. The topological polar surface area (TPSA) is 72.2 Å². The second kappa shape index (κ2) is 8.24. The number of benzene rings is 2. The van der Waals surface area contributed by atoms with E-state index in [1.54, 1.807) is 30.0 Å². The van der Waals surface area contributed by atoms with Crippen LogP contribution in [-0.4, -0.2) is 17.6 Å². The van der Waals surface area contributed by atoms with Gasteiger partial charge in [0.05, 0.1) is 0 Å². The van der Waals surface area contributed by atoms with Gasteiger partial charge in [0.2, 0.25) is 11.8 Å². The van der Waals surface area contributed by atoms with Crippen LogP contribution >= 0.6 is 11.8 Å². The molecule has 0 heterocycles. The van der Waals surface area contributed by atoms with Gasteiger partial charge in [-0.05, 0) is 29.8 Å². The highest BCUT2D eigenvalue weighted by molar-refractivity contribution is 7.99. The molecule has 0 spiro atoms. The number of hydrogen-bond donors (Lipinski definition) is 2. The maximum atomic E-state index is 11.8. The molecule has 0 aliphatic carbocycles. The van der Waals surface area contributed by atoms with Crippen molar-refractivity contribution in [3.8, 4) is 0 Å². The molecule has 2 aromatic rings. The lowest BCUT2D eigenvalue weighted by molar-refractivity contribution is -0.120. The molecular formula is C17H18N2O2S. The van der Waals surface area contributed by atoms with E-state index in [0.717, 1.165) is 16.2 Å². The Labute approximate surface area is 134 Å². The van der Waals surface area contributed by atoms with Gasteiger partial charge in [0.15, 0.2) is 0 Å². The highest BCUT2D eigenvalue weighted by atomic mass is 32.2. The zero-order valence-corrected chi connectivity index (χ0v) is 12.9. The van der Waals surface area contributed by atoms with Crippen LogP contribution in [0.3, 0.4) is 0 Å². The minimum Gasteiger partial charge on any atom is -0.366 e. The minimum atomic E-state index is -0.465. The summed E-state index contributed by atoms with van der Waals surface area (Å²) in [5, 5.41) is 2.85. The van der Waals surface area contributed by atoms with Crippen LogP contribution in [0.15, 0.2) is 59.5 Å². The molecule has 22 heavy (non-hydrogen) atoms. The van der Waals surface area contributed by atoms with Crippen molar-refractivity contribution >= 4 is 23.6 Å². The molecule has 0 saturated carbocycles. The fourth-order valence-corrected chi connectivity index (χ4v) is 2.77. The molecule has 2 rings (SSSR count). The molecule has 0 unspecified atom stereocenters. The summed E-state index contributed by atoms with van der Waals surface area (Å²) in [6.45, 7) is 0.399. The SMILES string of the molecule is NC(=O)c1cccc(CNC(=O)CCSc2ccccc2)c1.